The number of ether oxygens (including phenoxy) is 1. The lowest BCUT2D eigenvalue weighted by Gasteiger charge is -2.43. The molecule has 1 saturated heterocycles. The molecule has 0 aliphatic carbocycles. The van der Waals surface area contributed by atoms with Crippen molar-refractivity contribution in [3.8, 4) is 5.75 Å². The summed E-state index contributed by atoms with van der Waals surface area (Å²) in [4.78, 5) is 33.2. The standard InChI is InChI=1S/C28H28ClN3O3/c1-30-26(19-10-12-22(35-2)13-11-19)25(23-8-3-4-9-24(23)27(30)33)28(34)32-16-14-31(15-17-32)21-7-5-6-20(29)18-21/h3-13,18,25-26H,14-17H2,1-2H3/t25-,26-/m0/s1. The topological polar surface area (TPSA) is 53.1 Å². The van der Waals surface area contributed by atoms with Crippen LogP contribution in [0.1, 0.15) is 33.4 Å². The van der Waals surface area contributed by atoms with Gasteiger partial charge in [-0.1, -0.05) is 48.0 Å². The van der Waals surface area contributed by atoms with E-state index in [0.29, 0.717) is 23.7 Å². The molecule has 0 saturated carbocycles. The molecule has 0 spiro atoms. The van der Waals surface area contributed by atoms with Crippen LogP contribution in [0.4, 0.5) is 5.69 Å². The first-order valence-corrected chi connectivity index (χ1v) is 12.1. The number of benzene rings is 3. The molecular weight excluding hydrogens is 462 g/mol. The number of amides is 2. The summed E-state index contributed by atoms with van der Waals surface area (Å²) in [7, 11) is 3.40. The summed E-state index contributed by atoms with van der Waals surface area (Å²) < 4.78 is 5.32. The Hall–Kier alpha value is -3.51. The van der Waals surface area contributed by atoms with E-state index in [1.54, 1.807) is 19.1 Å². The minimum atomic E-state index is -0.486. The Kier molecular flexibility index (Phi) is 6.39. The number of carbonyl (C=O) groups is 2. The fourth-order valence-electron chi connectivity index (χ4n) is 5.21. The van der Waals surface area contributed by atoms with Gasteiger partial charge in [-0.3, -0.25) is 9.59 Å². The Morgan fingerprint density at radius 3 is 2.34 bits per heavy atom. The minimum Gasteiger partial charge on any atom is -0.497 e. The largest absolute Gasteiger partial charge is 0.497 e. The molecule has 2 aliphatic rings. The normalized spacial score (nSPS) is 20.0. The third-order valence-corrected chi connectivity index (χ3v) is 7.30. The van der Waals surface area contributed by atoms with Gasteiger partial charge in [0.2, 0.25) is 5.91 Å². The van der Waals surface area contributed by atoms with Gasteiger partial charge >= 0.3 is 0 Å². The van der Waals surface area contributed by atoms with Crippen LogP contribution in [0.2, 0.25) is 5.02 Å². The van der Waals surface area contributed by atoms with Crippen molar-refractivity contribution in [1.82, 2.24) is 9.80 Å². The maximum absolute atomic E-state index is 14.1. The van der Waals surface area contributed by atoms with E-state index in [-0.39, 0.29) is 11.8 Å². The zero-order valence-electron chi connectivity index (χ0n) is 19.9. The monoisotopic (exact) mass is 489 g/mol. The molecule has 2 atom stereocenters. The molecule has 3 aromatic rings. The number of methoxy groups -OCH3 is 1. The summed E-state index contributed by atoms with van der Waals surface area (Å²) in [5.74, 6) is 0.221. The molecule has 0 bridgehead atoms. The molecule has 1 fully saturated rings. The Morgan fingerprint density at radius 1 is 0.943 bits per heavy atom. The van der Waals surface area contributed by atoms with Crippen LogP contribution in [-0.2, 0) is 4.79 Å². The average Bonchev–Trinajstić information content (AvgIpc) is 2.90. The van der Waals surface area contributed by atoms with E-state index in [1.807, 2.05) is 77.7 Å². The van der Waals surface area contributed by atoms with Gasteiger partial charge in [-0.2, -0.15) is 0 Å². The first-order valence-electron chi connectivity index (χ1n) is 11.8. The zero-order valence-corrected chi connectivity index (χ0v) is 20.6. The first kappa shape index (κ1) is 23.2. The van der Waals surface area contributed by atoms with Crippen molar-refractivity contribution in [3.63, 3.8) is 0 Å². The average molecular weight is 490 g/mol. The summed E-state index contributed by atoms with van der Waals surface area (Å²) in [5.41, 5.74) is 3.36. The summed E-state index contributed by atoms with van der Waals surface area (Å²) in [6, 6.07) is 22.5. The third-order valence-electron chi connectivity index (χ3n) is 7.07. The van der Waals surface area contributed by atoms with E-state index in [9.17, 15) is 9.59 Å². The van der Waals surface area contributed by atoms with Crippen LogP contribution in [-0.4, -0.2) is 62.0 Å². The summed E-state index contributed by atoms with van der Waals surface area (Å²) in [6.45, 7) is 2.67. The molecule has 5 rings (SSSR count). The van der Waals surface area contributed by atoms with Crippen LogP contribution in [0.3, 0.4) is 0 Å². The summed E-state index contributed by atoms with van der Waals surface area (Å²) in [5, 5.41) is 0.704. The lowest BCUT2D eigenvalue weighted by Crippen LogP contribution is -2.53. The van der Waals surface area contributed by atoms with E-state index in [1.165, 1.54) is 0 Å². The highest BCUT2D eigenvalue weighted by atomic mass is 35.5. The van der Waals surface area contributed by atoms with Gasteiger partial charge in [-0.05, 0) is 47.5 Å². The molecule has 0 N–H and O–H groups in total. The number of rotatable bonds is 4. The van der Waals surface area contributed by atoms with Crippen molar-refractivity contribution < 1.29 is 14.3 Å². The smallest absolute Gasteiger partial charge is 0.254 e. The summed E-state index contributed by atoms with van der Waals surface area (Å²) in [6.07, 6.45) is 0. The van der Waals surface area contributed by atoms with Gasteiger partial charge in [-0.25, -0.2) is 0 Å². The number of halogens is 1. The van der Waals surface area contributed by atoms with Crippen LogP contribution >= 0.6 is 11.6 Å². The van der Waals surface area contributed by atoms with E-state index in [2.05, 4.69) is 4.90 Å². The van der Waals surface area contributed by atoms with Crippen LogP contribution in [0.5, 0.6) is 5.75 Å². The number of anilines is 1. The molecule has 2 aliphatic heterocycles. The lowest BCUT2D eigenvalue weighted by molar-refractivity contribution is -0.134. The highest BCUT2D eigenvalue weighted by Gasteiger charge is 2.44. The molecule has 2 heterocycles. The van der Waals surface area contributed by atoms with Gasteiger partial charge in [0.05, 0.1) is 19.1 Å². The van der Waals surface area contributed by atoms with Crippen molar-refractivity contribution >= 4 is 29.1 Å². The molecule has 0 radical (unpaired) electrons. The number of piperazine rings is 1. The maximum Gasteiger partial charge on any atom is 0.254 e. The fraction of sp³-hybridized carbons (Fsp3) is 0.286. The predicted octanol–water partition coefficient (Wildman–Crippen LogP) is 4.61. The number of nitrogens with zero attached hydrogens (tertiary/aromatic N) is 3. The molecule has 180 valence electrons. The van der Waals surface area contributed by atoms with Gasteiger partial charge in [0.1, 0.15) is 5.75 Å². The van der Waals surface area contributed by atoms with Gasteiger partial charge in [-0.15, -0.1) is 0 Å². The van der Waals surface area contributed by atoms with Crippen molar-refractivity contribution in [2.24, 2.45) is 0 Å². The van der Waals surface area contributed by atoms with E-state index >= 15 is 0 Å². The van der Waals surface area contributed by atoms with Crippen LogP contribution in [0, 0.1) is 0 Å². The van der Waals surface area contributed by atoms with Gasteiger partial charge in [0, 0.05) is 49.5 Å². The zero-order chi connectivity index (χ0) is 24.5. The number of hydrogen-bond donors (Lipinski definition) is 0. The molecule has 0 unspecified atom stereocenters. The second-order valence-electron chi connectivity index (χ2n) is 8.99. The van der Waals surface area contributed by atoms with Crippen molar-refractivity contribution in [2.45, 2.75) is 12.0 Å². The SMILES string of the molecule is COc1ccc([C@H]2[C@@H](C(=O)N3CCN(c4cccc(Cl)c4)CC3)c3ccccc3C(=O)N2C)cc1. The molecule has 0 aromatic heterocycles. The van der Waals surface area contributed by atoms with Crippen LogP contribution < -0.4 is 9.64 Å². The molecule has 3 aromatic carbocycles. The highest BCUT2D eigenvalue weighted by molar-refractivity contribution is 6.30. The van der Waals surface area contributed by atoms with Gasteiger partial charge in [0.25, 0.3) is 5.91 Å². The lowest BCUT2D eigenvalue weighted by atomic mass is 9.79. The Bertz CT molecular complexity index is 1240. The number of hydrogen-bond acceptors (Lipinski definition) is 4. The van der Waals surface area contributed by atoms with Gasteiger partial charge < -0.3 is 19.4 Å². The Labute approximate surface area is 210 Å². The predicted molar refractivity (Wildman–Crippen MR) is 137 cm³/mol. The van der Waals surface area contributed by atoms with Crippen molar-refractivity contribution in [2.75, 3.05) is 45.2 Å². The number of fused-ring (bicyclic) bond motifs is 1. The number of likely N-dealkylation sites (N-methyl/N-ethyl adjacent to an activating group) is 1. The second kappa shape index (κ2) is 9.62. The van der Waals surface area contributed by atoms with Crippen LogP contribution in [0.25, 0.3) is 0 Å². The molecule has 2 amide bonds. The fourth-order valence-corrected chi connectivity index (χ4v) is 5.40. The van der Waals surface area contributed by atoms with E-state index < -0.39 is 12.0 Å². The maximum atomic E-state index is 14.1. The Balaban J connectivity index is 1.45. The summed E-state index contributed by atoms with van der Waals surface area (Å²) >= 11 is 6.18. The van der Waals surface area contributed by atoms with E-state index in [0.717, 1.165) is 35.7 Å². The van der Waals surface area contributed by atoms with Crippen LogP contribution in [0.15, 0.2) is 72.8 Å². The Morgan fingerprint density at radius 2 is 1.66 bits per heavy atom. The van der Waals surface area contributed by atoms with Crippen molar-refractivity contribution in [3.05, 3.63) is 94.5 Å². The minimum absolute atomic E-state index is 0.0448. The molecular formula is C28H28ClN3O3. The second-order valence-corrected chi connectivity index (χ2v) is 9.43. The quantitative estimate of drug-likeness (QED) is 0.537. The highest BCUT2D eigenvalue weighted by Crippen LogP contribution is 2.43. The molecule has 35 heavy (non-hydrogen) atoms. The third kappa shape index (κ3) is 4.34. The molecule has 7 heteroatoms. The number of carbonyl (C=O) groups excluding carboxylic acids is 2. The van der Waals surface area contributed by atoms with E-state index in [4.69, 9.17) is 16.3 Å². The van der Waals surface area contributed by atoms with Gasteiger partial charge in [0.15, 0.2) is 0 Å². The molecule has 6 nitrogen and oxygen atoms in total. The van der Waals surface area contributed by atoms with Crippen molar-refractivity contribution in [1.29, 1.82) is 0 Å². The first-order chi connectivity index (χ1) is 17.0.